The number of hydrogen-bond acceptors (Lipinski definition) is 2. The van der Waals surface area contributed by atoms with Crippen molar-refractivity contribution in [3.8, 4) is 0 Å². The van der Waals surface area contributed by atoms with Crippen LogP contribution in [0.4, 0.5) is 0 Å². The van der Waals surface area contributed by atoms with Gasteiger partial charge in [-0.15, -0.1) is 0 Å². The van der Waals surface area contributed by atoms with E-state index >= 15 is 0 Å². The van der Waals surface area contributed by atoms with Crippen molar-refractivity contribution >= 4 is 11.8 Å². The Balaban J connectivity index is 2.01. The highest BCUT2D eigenvalue weighted by atomic mass is 32.2. The minimum atomic E-state index is 0.408. The summed E-state index contributed by atoms with van der Waals surface area (Å²) in [6.07, 6.45) is 3.99. The summed E-state index contributed by atoms with van der Waals surface area (Å²) in [4.78, 5) is 0. The zero-order valence-corrected chi connectivity index (χ0v) is 7.49. The van der Waals surface area contributed by atoms with Crippen LogP contribution in [0.3, 0.4) is 0 Å². The zero-order chi connectivity index (χ0) is 7.40. The van der Waals surface area contributed by atoms with Crippen LogP contribution >= 0.6 is 11.8 Å². The fraction of sp³-hybridized carbons (Fsp3) is 1.00. The summed E-state index contributed by atoms with van der Waals surface area (Å²) >= 11 is 2.09. The van der Waals surface area contributed by atoms with E-state index in [1.165, 1.54) is 30.8 Å². The molecule has 1 unspecified atom stereocenters. The van der Waals surface area contributed by atoms with Gasteiger partial charge in [-0.3, -0.25) is 0 Å². The van der Waals surface area contributed by atoms with Crippen molar-refractivity contribution in [3.05, 3.63) is 0 Å². The number of thioether (sulfide) groups is 1. The predicted octanol–water partition coefficient (Wildman–Crippen LogP) is 1.87. The van der Waals surface area contributed by atoms with Gasteiger partial charge in [-0.2, -0.15) is 11.8 Å². The molecule has 0 spiro atoms. The molecule has 0 aliphatic carbocycles. The van der Waals surface area contributed by atoms with Gasteiger partial charge >= 0.3 is 0 Å². The van der Waals surface area contributed by atoms with E-state index in [1.54, 1.807) is 0 Å². The van der Waals surface area contributed by atoms with Gasteiger partial charge in [0.25, 0.3) is 0 Å². The van der Waals surface area contributed by atoms with Crippen LogP contribution in [0.2, 0.25) is 0 Å². The van der Waals surface area contributed by atoms with Crippen LogP contribution in [0.1, 0.15) is 26.2 Å². The molecule has 1 nitrogen and oxygen atoms in total. The van der Waals surface area contributed by atoms with E-state index in [-0.39, 0.29) is 0 Å². The first kappa shape index (κ1) is 8.41. The molecule has 0 amide bonds. The minimum absolute atomic E-state index is 0.408. The van der Waals surface area contributed by atoms with Gasteiger partial charge < -0.3 is 5.73 Å². The minimum Gasteiger partial charge on any atom is -0.328 e. The zero-order valence-electron chi connectivity index (χ0n) is 6.68. The standard InChI is InChI=1S/C8H17NS/c1-7(9)2-3-8-4-5-10-6-8/h7-8H,2-6,9H2,1H3/t7-,8?/m1/s1. The van der Waals surface area contributed by atoms with Gasteiger partial charge in [-0.25, -0.2) is 0 Å². The van der Waals surface area contributed by atoms with Gasteiger partial charge in [-0.1, -0.05) is 0 Å². The van der Waals surface area contributed by atoms with E-state index in [1.807, 2.05) is 0 Å². The normalized spacial score (nSPS) is 28.8. The summed E-state index contributed by atoms with van der Waals surface area (Å²) < 4.78 is 0. The summed E-state index contributed by atoms with van der Waals surface area (Å²) in [5.74, 6) is 3.74. The van der Waals surface area contributed by atoms with Gasteiger partial charge in [0.1, 0.15) is 0 Å². The largest absolute Gasteiger partial charge is 0.328 e. The Morgan fingerprint density at radius 3 is 3.00 bits per heavy atom. The highest BCUT2D eigenvalue weighted by Gasteiger charge is 2.14. The lowest BCUT2D eigenvalue weighted by molar-refractivity contribution is 0.490. The van der Waals surface area contributed by atoms with Crippen molar-refractivity contribution in [3.63, 3.8) is 0 Å². The maximum Gasteiger partial charge on any atom is 0.00105 e. The van der Waals surface area contributed by atoms with E-state index in [0.29, 0.717) is 6.04 Å². The van der Waals surface area contributed by atoms with Crippen molar-refractivity contribution in [1.82, 2.24) is 0 Å². The molecule has 1 heterocycles. The number of hydrogen-bond donors (Lipinski definition) is 1. The molecule has 2 heteroatoms. The maximum absolute atomic E-state index is 5.66. The molecule has 1 rings (SSSR count). The molecule has 1 aliphatic heterocycles. The lowest BCUT2D eigenvalue weighted by atomic mass is 10.0. The van der Waals surface area contributed by atoms with Crippen LogP contribution in [-0.2, 0) is 0 Å². The molecule has 1 aliphatic rings. The molecular weight excluding hydrogens is 142 g/mol. The summed E-state index contributed by atoms with van der Waals surface area (Å²) in [6, 6.07) is 0.408. The molecule has 0 saturated carbocycles. The molecule has 0 bridgehead atoms. The van der Waals surface area contributed by atoms with Crippen molar-refractivity contribution in [2.75, 3.05) is 11.5 Å². The third-order valence-corrected chi connectivity index (χ3v) is 3.29. The van der Waals surface area contributed by atoms with Crippen LogP contribution < -0.4 is 5.73 Å². The lowest BCUT2D eigenvalue weighted by Crippen LogP contribution is -2.16. The van der Waals surface area contributed by atoms with Crippen LogP contribution in [0.5, 0.6) is 0 Å². The van der Waals surface area contributed by atoms with Crippen LogP contribution in [0.15, 0.2) is 0 Å². The van der Waals surface area contributed by atoms with E-state index in [4.69, 9.17) is 5.73 Å². The Hall–Kier alpha value is 0.310. The second-order valence-corrected chi connectivity index (χ2v) is 4.43. The summed E-state index contributed by atoms with van der Waals surface area (Å²) in [7, 11) is 0. The molecule has 0 aromatic rings. The highest BCUT2D eigenvalue weighted by Crippen LogP contribution is 2.27. The van der Waals surface area contributed by atoms with Gasteiger partial charge in [-0.05, 0) is 43.6 Å². The number of nitrogens with two attached hydrogens (primary N) is 1. The second kappa shape index (κ2) is 4.24. The van der Waals surface area contributed by atoms with Gasteiger partial charge in [0.05, 0.1) is 0 Å². The first-order valence-electron chi connectivity index (χ1n) is 4.12. The average Bonchev–Trinajstić information content (AvgIpc) is 2.34. The summed E-state index contributed by atoms with van der Waals surface area (Å²) in [5, 5.41) is 0. The molecule has 0 radical (unpaired) electrons. The van der Waals surface area contributed by atoms with E-state index in [9.17, 15) is 0 Å². The topological polar surface area (TPSA) is 26.0 Å². The molecule has 2 atom stereocenters. The third-order valence-electron chi connectivity index (χ3n) is 2.05. The Bertz CT molecular complexity index is 87.3. The molecule has 10 heavy (non-hydrogen) atoms. The van der Waals surface area contributed by atoms with E-state index < -0.39 is 0 Å². The van der Waals surface area contributed by atoms with Crippen molar-refractivity contribution in [1.29, 1.82) is 0 Å². The third kappa shape index (κ3) is 2.93. The fourth-order valence-electron chi connectivity index (χ4n) is 1.31. The predicted molar refractivity (Wildman–Crippen MR) is 48.3 cm³/mol. The number of rotatable bonds is 3. The average molecular weight is 159 g/mol. The quantitative estimate of drug-likeness (QED) is 0.680. The SMILES string of the molecule is C[C@@H](N)CCC1CCSC1. The van der Waals surface area contributed by atoms with E-state index in [2.05, 4.69) is 18.7 Å². The molecule has 2 N–H and O–H groups in total. The first-order chi connectivity index (χ1) is 4.79. The Morgan fingerprint density at radius 2 is 2.50 bits per heavy atom. The van der Waals surface area contributed by atoms with Gasteiger partial charge in [0.15, 0.2) is 0 Å². The first-order valence-corrected chi connectivity index (χ1v) is 5.28. The molecule has 1 saturated heterocycles. The lowest BCUT2D eigenvalue weighted by Gasteiger charge is -2.09. The Kier molecular flexibility index (Phi) is 3.57. The fourth-order valence-corrected chi connectivity index (χ4v) is 2.64. The van der Waals surface area contributed by atoms with Crippen molar-refractivity contribution in [2.45, 2.75) is 32.2 Å². The van der Waals surface area contributed by atoms with E-state index in [0.717, 1.165) is 5.92 Å². The van der Waals surface area contributed by atoms with Crippen LogP contribution in [0.25, 0.3) is 0 Å². The molecule has 0 aromatic carbocycles. The second-order valence-electron chi connectivity index (χ2n) is 3.28. The maximum atomic E-state index is 5.66. The highest BCUT2D eigenvalue weighted by molar-refractivity contribution is 7.99. The summed E-state index contributed by atoms with van der Waals surface area (Å²) in [5.41, 5.74) is 5.66. The molecular formula is C8H17NS. The van der Waals surface area contributed by atoms with Gasteiger partial charge in [0.2, 0.25) is 0 Å². The summed E-state index contributed by atoms with van der Waals surface area (Å²) in [6.45, 7) is 2.10. The van der Waals surface area contributed by atoms with Crippen molar-refractivity contribution in [2.24, 2.45) is 11.7 Å². The molecule has 0 aromatic heterocycles. The van der Waals surface area contributed by atoms with Crippen LogP contribution in [0, 0.1) is 5.92 Å². The molecule has 1 fully saturated rings. The smallest absolute Gasteiger partial charge is 0.00105 e. The van der Waals surface area contributed by atoms with Crippen molar-refractivity contribution < 1.29 is 0 Å². The van der Waals surface area contributed by atoms with Crippen LogP contribution in [-0.4, -0.2) is 17.5 Å². The van der Waals surface area contributed by atoms with Gasteiger partial charge in [0, 0.05) is 6.04 Å². The Morgan fingerprint density at radius 1 is 1.70 bits per heavy atom. The Labute approximate surface area is 67.8 Å². The monoisotopic (exact) mass is 159 g/mol. The molecule has 60 valence electrons.